The van der Waals surface area contributed by atoms with Gasteiger partial charge in [-0.1, -0.05) is 24.3 Å². The van der Waals surface area contributed by atoms with Gasteiger partial charge in [-0.2, -0.15) is 13.2 Å². The lowest BCUT2D eigenvalue weighted by Crippen LogP contribution is -2.19. The molecular formula is C17H16F3N. The highest BCUT2D eigenvalue weighted by Gasteiger charge is 2.33. The maximum Gasteiger partial charge on any atom is 0.416 e. The van der Waals surface area contributed by atoms with Gasteiger partial charge < -0.3 is 5.32 Å². The molecule has 0 aliphatic carbocycles. The summed E-state index contributed by atoms with van der Waals surface area (Å²) < 4.78 is 38.8. The first kappa shape index (κ1) is 14.0. The van der Waals surface area contributed by atoms with Crippen molar-refractivity contribution in [2.45, 2.75) is 25.4 Å². The third kappa shape index (κ3) is 2.62. The zero-order chi connectivity index (χ0) is 15.0. The van der Waals surface area contributed by atoms with Crippen LogP contribution in [0.4, 0.5) is 18.9 Å². The van der Waals surface area contributed by atoms with E-state index in [1.54, 1.807) is 6.07 Å². The SMILES string of the molecule is Cc1ccccc1C1CCNc2ccc(C(F)(F)F)cc21. The highest BCUT2D eigenvalue weighted by molar-refractivity contribution is 5.59. The lowest BCUT2D eigenvalue weighted by atomic mass is 9.82. The Labute approximate surface area is 121 Å². The van der Waals surface area contributed by atoms with Crippen molar-refractivity contribution in [3.05, 3.63) is 64.7 Å². The van der Waals surface area contributed by atoms with E-state index in [0.717, 1.165) is 41.4 Å². The van der Waals surface area contributed by atoms with E-state index < -0.39 is 11.7 Å². The molecule has 4 heteroatoms. The Morgan fingerprint density at radius 1 is 1.05 bits per heavy atom. The van der Waals surface area contributed by atoms with Gasteiger partial charge in [-0.05, 0) is 48.2 Å². The Morgan fingerprint density at radius 3 is 2.52 bits per heavy atom. The highest BCUT2D eigenvalue weighted by Crippen LogP contribution is 2.40. The van der Waals surface area contributed by atoms with Crippen molar-refractivity contribution in [1.29, 1.82) is 0 Å². The molecular weight excluding hydrogens is 275 g/mol. The summed E-state index contributed by atoms with van der Waals surface area (Å²) in [5, 5.41) is 3.19. The van der Waals surface area contributed by atoms with Crippen molar-refractivity contribution in [3.8, 4) is 0 Å². The van der Waals surface area contributed by atoms with Crippen LogP contribution in [0.1, 0.15) is 34.6 Å². The average molecular weight is 291 g/mol. The van der Waals surface area contributed by atoms with Crippen LogP contribution in [0.3, 0.4) is 0 Å². The standard InChI is InChI=1S/C17H16F3N/c1-11-4-2-3-5-13(11)14-8-9-21-16-7-6-12(10-15(14)16)17(18,19)20/h2-7,10,14,21H,8-9H2,1H3. The molecule has 0 fully saturated rings. The van der Waals surface area contributed by atoms with Gasteiger partial charge in [-0.3, -0.25) is 0 Å². The number of aryl methyl sites for hydroxylation is 1. The summed E-state index contributed by atoms with van der Waals surface area (Å²) in [7, 11) is 0. The largest absolute Gasteiger partial charge is 0.416 e. The molecule has 21 heavy (non-hydrogen) atoms. The van der Waals surface area contributed by atoms with Gasteiger partial charge in [0, 0.05) is 18.2 Å². The molecule has 2 aromatic carbocycles. The summed E-state index contributed by atoms with van der Waals surface area (Å²) in [4.78, 5) is 0. The summed E-state index contributed by atoms with van der Waals surface area (Å²) in [6, 6.07) is 11.9. The Morgan fingerprint density at radius 2 is 1.81 bits per heavy atom. The number of fused-ring (bicyclic) bond motifs is 1. The molecule has 3 rings (SSSR count). The number of hydrogen-bond acceptors (Lipinski definition) is 1. The quantitative estimate of drug-likeness (QED) is 0.783. The predicted molar refractivity (Wildman–Crippen MR) is 77.6 cm³/mol. The van der Waals surface area contributed by atoms with Gasteiger partial charge in [0.2, 0.25) is 0 Å². The molecule has 0 aromatic heterocycles. The molecule has 1 atom stereocenters. The molecule has 1 nitrogen and oxygen atoms in total. The molecule has 1 unspecified atom stereocenters. The molecule has 110 valence electrons. The van der Waals surface area contributed by atoms with Gasteiger partial charge in [0.05, 0.1) is 5.56 Å². The van der Waals surface area contributed by atoms with Crippen molar-refractivity contribution < 1.29 is 13.2 Å². The molecule has 1 N–H and O–H groups in total. The normalized spacial score (nSPS) is 18.0. The van der Waals surface area contributed by atoms with Crippen LogP contribution in [0.2, 0.25) is 0 Å². The van der Waals surface area contributed by atoms with Crippen molar-refractivity contribution in [1.82, 2.24) is 0 Å². The summed E-state index contributed by atoms with van der Waals surface area (Å²) in [5.74, 6) is 0.0183. The fourth-order valence-corrected chi connectivity index (χ4v) is 3.00. The number of hydrogen-bond donors (Lipinski definition) is 1. The van der Waals surface area contributed by atoms with Gasteiger partial charge in [0.25, 0.3) is 0 Å². The van der Waals surface area contributed by atoms with Crippen molar-refractivity contribution >= 4 is 5.69 Å². The van der Waals surface area contributed by atoms with E-state index in [1.165, 1.54) is 6.07 Å². The minimum Gasteiger partial charge on any atom is -0.385 e. The monoisotopic (exact) mass is 291 g/mol. The van der Waals surface area contributed by atoms with E-state index in [9.17, 15) is 13.2 Å². The Bertz CT molecular complexity index is 661. The summed E-state index contributed by atoms with van der Waals surface area (Å²) >= 11 is 0. The molecule has 0 saturated heterocycles. The number of benzene rings is 2. The van der Waals surface area contributed by atoms with E-state index in [1.807, 2.05) is 31.2 Å². The molecule has 1 aliphatic rings. The molecule has 1 heterocycles. The maximum atomic E-state index is 12.9. The summed E-state index contributed by atoms with van der Waals surface area (Å²) in [6.45, 7) is 2.78. The molecule has 0 bridgehead atoms. The van der Waals surface area contributed by atoms with Crippen molar-refractivity contribution in [3.63, 3.8) is 0 Å². The predicted octanol–water partition coefficient (Wildman–Crippen LogP) is 4.96. The van der Waals surface area contributed by atoms with Gasteiger partial charge in [0.15, 0.2) is 0 Å². The highest BCUT2D eigenvalue weighted by atomic mass is 19.4. The van der Waals surface area contributed by atoms with E-state index in [-0.39, 0.29) is 5.92 Å². The second-order valence-corrected chi connectivity index (χ2v) is 5.42. The zero-order valence-corrected chi connectivity index (χ0v) is 11.7. The van der Waals surface area contributed by atoms with Gasteiger partial charge in [0.1, 0.15) is 0 Å². The Kier molecular flexibility index (Phi) is 3.40. The summed E-state index contributed by atoms with van der Waals surface area (Å²) in [5.41, 5.74) is 3.20. The first-order valence-corrected chi connectivity index (χ1v) is 6.97. The number of rotatable bonds is 1. The van der Waals surface area contributed by atoms with Crippen LogP contribution < -0.4 is 5.32 Å². The smallest absolute Gasteiger partial charge is 0.385 e. The Balaban J connectivity index is 2.10. The van der Waals surface area contributed by atoms with Crippen LogP contribution in [0, 0.1) is 6.92 Å². The molecule has 0 spiro atoms. The topological polar surface area (TPSA) is 12.0 Å². The lowest BCUT2D eigenvalue weighted by molar-refractivity contribution is -0.137. The zero-order valence-electron chi connectivity index (χ0n) is 11.7. The first-order chi connectivity index (χ1) is 9.97. The second kappa shape index (κ2) is 5.10. The van der Waals surface area contributed by atoms with Gasteiger partial charge >= 0.3 is 6.18 Å². The summed E-state index contributed by atoms with van der Waals surface area (Å²) in [6.07, 6.45) is -3.50. The fraction of sp³-hybridized carbons (Fsp3) is 0.294. The molecule has 1 aliphatic heterocycles. The van der Waals surface area contributed by atoms with Gasteiger partial charge in [-0.15, -0.1) is 0 Å². The van der Waals surface area contributed by atoms with Gasteiger partial charge in [-0.25, -0.2) is 0 Å². The maximum absolute atomic E-state index is 12.9. The third-order valence-electron chi connectivity index (χ3n) is 4.07. The minimum atomic E-state index is -4.30. The first-order valence-electron chi connectivity index (χ1n) is 6.97. The third-order valence-corrected chi connectivity index (χ3v) is 4.07. The number of halogens is 3. The minimum absolute atomic E-state index is 0.0183. The van der Waals surface area contributed by atoms with Crippen molar-refractivity contribution in [2.24, 2.45) is 0 Å². The number of alkyl halides is 3. The average Bonchev–Trinajstić information content (AvgIpc) is 2.46. The molecule has 2 aromatic rings. The van der Waals surface area contributed by atoms with E-state index >= 15 is 0 Å². The van der Waals surface area contributed by atoms with Crippen LogP contribution in [-0.2, 0) is 6.18 Å². The molecule has 0 radical (unpaired) electrons. The Hall–Kier alpha value is -1.97. The number of anilines is 1. The molecule has 0 saturated carbocycles. The van der Waals surface area contributed by atoms with E-state index in [0.29, 0.717) is 0 Å². The van der Waals surface area contributed by atoms with Crippen molar-refractivity contribution in [2.75, 3.05) is 11.9 Å². The van der Waals surface area contributed by atoms with Crippen LogP contribution in [-0.4, -0.2) is 6.54 Å². The fourth-order valence-electron chi connectivity index (χ4n) is 3.00. The van der Waals surface area contributed by atoms with Crippen LogP contribution in [0.5, 0.6) is 0 Å². The van der Waals surface area contributed by atoms with Crippen LogP contribution >= 0.6 is 0 Å². The van der Waals surface area contributed by atoms with E-state index in [4.69, 9.17) is 0 Å². The lowest BCUT2D eigenvalue weighted by Gasteiger charge is -2.29. The second-order valence-electron chi connectivity index (χ2n) is 5.42. The van der Waals surface area contributed by atoms with E-state index in [2.05, 4.69) is 5.32 Å². The number of nitrogens with one attached hydrogen (secondary N) is 1. The van der Waals surface area contributed by atoms with Crippen LogP contribution in [0.25, 0.3) is 0 Å². The molecule has 0 amide bonds. The van der Waals surface area contributed by atoms with Crippen LogP contribution in [0.15, 0.2) is 42.5 Å².